The topological polar surface area (TPSA) is 12.4 Å². The summed E-state index contributed by atoms with van der Waals surface area (Å²) < 4.78 is 0. The Labute approximate surface area is 74.2 Å². The highest BCUT2D eigenvalue weighted by atomic mass is 14.7. The van der Waals surface area contributed by atoms with Crippen molar-refractivity contribution in [1.29, 1.82) is 0 Å². The normalized spacial score (nSPS) is 12.9. The minimum Gasteiger partial charge on any atom is -0.293 e. The summed E-state index contributed by atoms with van der Waals surface area (Å²) in [6, 6.07) is 0. The Kier molecular flexibility index (Phi) is 4.48. The van der Waals surface area contributed by atoms with E-state index in [2.05, 4.69) is 24.1 Å². The zero-order chi connectivity index (χ0) is 9.56. The van der Waals surface area contributed by atoms with Crippen LogP contribution in [-0.2, 0) is 0 Å². The second-order valence-corrected chi connectivity index (χ2v) is 2.19. The van der Waals surface area contributed by atoms with Crippen molar-refractivity contribution in [2.24, 2.45) is 4.99 Å². The number of terminal acetylenes is 1. The van der Waals surface area contributed by atoms with Gasteiger partial charge >= 0.3 is 0 Å². The van der Waals surface area contributed by atoms with E-state index in [1.165, 1.54) is 0 Å². The predicted octanol–water partition coefficient (Wildman–Crippen LogP) is 2.38. The number of hydrogen-bond acceptors (Lipinski definition) is 1. The molecule has 0 aromatic rings. The minimum absolute atomic E-state index is 0.730. The monoisotopic (exact) mass is 159 g/mol. The van der Waals surface area contributed by atoms with E-state index in [1.54, 1.807) is 19.2 Å². The fourth-order valence-corrected chi connectivity index (χ4v) is 0.820. The van der Waals surface area contributed by atoms with E-state index < -0.39 is 0 Å². The third-order valence-corrected chi connectivity index (χ3v) is 1.58. The molecule has 0 amide bonds. The van der Waals surface area contributed by atoms with Crippen LogP contribution < -0.4 is 0 Å². The Hall–Kier alpha value is -1.55. The minimum atomic E-state index is 0.730. The molecular weight excluding hydrogens is 146 g/mol. The van der Waals surface area contributed by atoms with E-state index in [-0.39, 0.29) is 0 Å². The van der Waals surface area contributed by atoms with Crippen LogP contribution in [0.5, 0.6) is 0 Å². The smallest absolute Gasteiger partial charge is 0.0398 e. The number of aliphatic imine (C=N–C) groups is 1. The molecule has 62 valence electrons. The highest BCUT2D eigenvalue weighted by Gasteiger charge is 1.99. The first-order valence-corrected chi connectivity index (χ1v) is 3.60. The molecule has 12 heavy (non-hydrogen) atoms. The number of rotatable bonds is 3. The first-order chi connectivity index (χ1) is 5.71. The Bertz CT molecular complexity index is 285. The molecule has 0 aromatic heterocycles. The molecule has 1 heteroatoms. The lowest BCUT2D eigenvalue weighted by Gasteiger charge is -2.01. The van der Waals surface area contributed by atoms with Crippen molar-refractivity contribution in [2.45, 2.75) is 6.92 Å². The van der Waals surface area contributed by atoms with Gasteiger partial charge in [-0.3, -0.25) is 4.99 Å². The molecule has 0 atom stereocenters. The Morgan fingerprint density at radius 2 is 2.00 bits per heavy atom. The van der Waals surface area contributed by atoms with Gasteiger partial charge in [-0.15, -0.1) is 6.42 Å². The van der Waals surface area contributed by atoms with Gasteiger partial charge in [0.2, 0.25) is 0 Å². The highest BCUT2D eigenvalue weighted by molar-refractivity contribution is 6.02. The van der Waals surface area contributed by atoms with E-state index in [0.717, 1.165) is 16.9 Å². The average molecular weight is 159 g/mol. The first kappa shape index (κ1) is 10.4. The molecular formula is C11H13N. The van der Waals surface area contributed by atoms with Crippen LogP contribution in [0.15, 0.2) is 41.4 Å². The fourth-order valence-electron chi connectivity index (χ4n) is 0.820. The molecule has 0 aromatic carbocycles. The first-order valence-electron chi connectivity index (χ1n) is 3.60. The molecule has 0 bridgehead atoms. The quantitative estimate of drug-likeness (QED) is 0.340. The van der Waals surface area contributed by atoms with Crippen LogP contribution in [0.3, 0.4) is 0 Å². The number of hydrogen-bond donors (Lipinski definition) is 0. The van der Waals surface area contributed by atoms with Crippen LogP contribution in [0.2, 0.25) is 0 Å². The predicted molar refractivity (Wildman–Crippen MR) is 55.3 cm³/mol. The highest BCUT2D eigenvalue weighted by Crippen LogP contribution is 2.08. The lowest BCUT2D eigenvalue weighted by Crippen LogP contribution is -1.97. The van der Waals surface area contributed by atoms with E-state index in [0.29, 0.717) is 0 Å². The van der Waals surface area contributed by atoms with Gasteiger partial charge in [0, 0.05) is 23.9 Å². The largest absolute Gasteiger partial charge is 0.293 e. The van der Waals surface area contributed by atoms with Crippen LogP contribution in [-0.4, -0.2) is 12.8 Å². The van der Waals surface area contributed by atoms with Crippen molar-refractivity contribution in [3.63, 3.8) is 0 Å². The maximum absolute atomic E-state index is 5.27. The summed E-state index contributed by atoms with van der Waals surface area (Å²) in [7, 11) is 1.72. The van der Waals surface area contributed by atoms with E-state index >= 15 is 0 Å². The summed E-state index contributed by atoms with van der Waals surface area (Å²) in [5.74, 6) is 2.53. The summed E-state index contributed by atoms with van der Waals surface area (Å²) in [6.07, 6.45) is 8.59. The van der Waals surface area contributed by atoms with Gasteiger partial charge < -0.3 is 0 Å². The second-order valence-electron chi connectivity index (χ2n) is 2.19. The fraction of sp³-hybridized carbons (Fsp3) is 0.182. The summed E-state index contributed by atoms with van der Waals surface area (Å²) in [5.41, 5.74) is 2.47. The van der Waals surface area contributed by atoms with Gasteiger partial charge in [-0.2, -0.15) is 0 Å². The van der Waals surface area contributed by atoms with Crippen molar-refractivity contribution in [3.8, 4) is 12.3 Å². The van der Waals surface area contributed by atoms with Crippen molar-refractivity contribution >= 4 is 5.71 Å². The van der Waals surface area contributed by atoms with Crippen LogP contribution in [0.4, 0.5) is 0 Å². The molecule has 0 rings (SSSR count). The van der Waals surface area contributed by atoms with Crippen LogP contribution in [0.1, 0.15) is 6.92 Å². The zero-order valence-electron chi connectivity index (χ0n) is 7.59. The molecule has 0 aliphatic heterocycles. The number of nitrogens with zero attached hydrogens (tertiary/aromatic N) is 1. The molecule has 0 heterocycles. The lowest BCUT2D eigenvalue weighted by atomic mass is 10.1. The Balaban J connectivity index is 5.27. The second kappa shape index (κ2) is 5.15. The molecule has 1 nitrogen and oxygen atoms in total. The lowest BCUT2D eigenvalue weighted by molar-refractivity contribution is 1.41. The number of allylic oxidation sites excluding steroid dienone is 4. The van der Waals surface area contributed by atoms with Gasteiger partial charge in [0.25, 0.3) is 0 Å². The van der Waals surface area contributed by atoms with Crippen molar-refractivity contribution in [2.75, 3.05) is 7.05 Å². The van der Waals surface area contributed by atoms with Gasteiger partial charge in [0.05, 0.1) is 0 Å². The zero-order valence-corrected chi connectivity index (χ0v) is 7.59. The third kappa shape index (κ3) is 2.25. The summed E-state index contributed by atoms with van der Waals surface area (Å²) in [5, 5.41) is 0. The Morgan fingerprint density at radius 1 is 1.42 bits per heavy atom. The molecule has 0 aliphatic carbocycles. The van der Waals surface area contributed by atoms with Crippen molar-refractivity contribution < 1.29 is 0 Å². The van der Waals surface area contributed by atoms with Gasteiger partial charge in [-0.25, -0.2) is 0 Å². The molecule has 0 fully saturated rings. The molecule has 0 saturated heterocycles. The summed E-state index contributed by atoms with van der Waals surface area (Å²) in [4.78, 5) is 4.02. The third-order valence-electron chi connectivity index (χ3n) is 1.58. The van der Waals surface area contributed by atoms with E-state index in [1.807, 2.05) is 6.92 Å². The van der Waals surface area contributed by atoms with Gasteiger partial charge in [0.1, 0.15) is 0 Å². The van der Waals surface area contributed by atoms with Gasteiger partial charge in [-0.1, -0.05) is 31.2 Å². The standard InChI is InChI=1S/C11H13N/c1-6-10(7-2)11(8-3)9(4)12-5/h1,7-8H,2-3H2,4-5H3/b11-10-,12-9?. The molecule has 0 N–H and O–H groups in total. The van der Waals surface area contributed by atoms with Crippen LogP contribution in [0.25, 0.3) is 0 Å². The SMILES string of the molecule is C#C/C(C=C)=C(\C=C)C(C)=NC. The van der Waals surface area contributed by atoms with Crippen molar-refractivity contribution in [3.05, 3.63) is 36.5 Å². The molecule has 0 unspecified atom stereocenters. The van der Waals surface area contributed by atoms with E-state index in [9.17, 15) is 0 Å². The molecule has 0 saturated carbocycles. The average Bonchev–Trinajstić information content (AvgIpc) is 2.12. The summed E-state index contributed by atoms with van der Waals surface area (Å²) >= 11 is 0. The maximum atomic E-state index is 5.27. The molecule has 0 radical (unpaired) electrons. The molecule has 0 aliphatic rings. The van der Waals surface area contributed by atoms with Crippen molar-refractivity contribution in [1.82, 2.24) is 0 Å². The Morgan fingerprint density at radius 3 is 2.25 bits per heavy atom. The van der Waals surface area contributed by atoms with Crippen LogP contribution >= 0.6 is 0 Å². The van der Waals surface area contributed by atoms with E-state index in [4.69, 9.17) is 6.42 Å². The summed E-state index contributed by atoms with van der Waals surface area (Å²) in [6.45, 7) is 9.17. The van der Waals surface area contributed by atoms with Gasteiger partial charge in [0.15, 0.2) is 0 Å². The van der Waals surface area contributed by atoms with Crippen LogP contribution in [0, 0.1) is 12.3 Å². The molecule has 0 spiro atoms. The maximum Gasteiger partial charge on any atom is 0.0398 e. The van der Waals surface area contributed by atoms with Gasteiger partial charge in [-0.05, 0) is 6.92 Å².